The largest absolute Gasteiger partial charge is 0.497 e. The van der Waals surface area contributed by atoms with Gasteiger partial charge in [0.05, 0.1) is 19.1 Å². The zero-order valence-electron chi connectivity index (χ0n) is 19.9. The van der Waals surface area contributed by atoms with Gasteiger partial charge in [-0.2, -0.15) is 0 Å². The molecule has 178 valence electrons. The van der Waals surface area contributed by atoms with E-state index in [9.17, 15) is 14.3 Å². The summed E-state index contributed by atoms with van der Waals surface area (Å²) in [5, 5.41) is 9.78. The molecule has 4 nitrogen and oxygen atoms in total. The van der Waals surface area contributed by atoms with Crippen LogP contribution in [0.3, 0.4) is 0 Å². The van der Waals surface area contributed by atoms with Gasteiger partial charge in [-0.1, -0.05) is 12.1 Å². The van der Waals surface area contributed by atoms with Gasteiger partial charge in [-0.25, -0.2) is 4.39 Å². The Labute approximate surface area is 196 Å². The quantitative estimate of drug-likeness (QED) is 0.453. The number of aliphatic carboxylic acids is 1. The lowest BCUT2D eigenvalue weighted by Gasteiger charge is -2.31. The summed E-state index contributed by atoms with van der Waals surface area (Å²) in [6, 6.07) is 13.0. The molecular formula is C28H35FO4. The molecule has 5 heteroatoms. The SMILES string of the molecule is COc1ccc(F)c(C2CCC(COc3cccc([C@H](C4CC4)C(C)(C)C(=O)O)c3)CC2)c1. The second-order valence-electron chi connectivity index (χ2n) is 10.3. The van der Waals surface area contributed by atoms with Crippen LogP contribution < -0.4 is 9.47 Å². The highest BCUT2D eigenvalue weighted by atomic mass is 19.1. The molecule has 1 atom stereocenters. The summed E-state index contributed by atoms with van der Waals surface area (Å²) in [7, 11) is 1.61. The van der Waals surface area contributed by atoms with Crippen LogP contribution >= 0.6 is 0 Å². The number of carboxylic acids is 1. The molecule has 0 radical (unpaired) electrons. The minimum Gasteiger partial charge on any atom is -0.497 e. The molecule has 2 aliphatic carbocycles. The summed E-state index contributed by atoms with van der Waals surface area (Å²) in [6.45, 7) is 4.29. The van der Waals surface area contributed by atoms with Crippen LogP contribution in [0.2, 0.25) is 0 Å². The highest BCUT2D eigenvalue weighted by Crippen LogP contribution is 2.52. The van der Waals surface area contributed by atoms with Gasteiger partial charge in [-0.3, -0.25) is 4.79 Å². The summed E-state index contributed by atoms with van der Waals surface area (Å²) in [5.74, 6) is 1.68. The molecule has 2 saturated carbocycles. The maximum atomic E-state index is 14.3. The fourth-order valence-electron chi connectivity index (χ4n) is 5.45. The number of carboxylic acid groups (broad SMARTS) is 1. The summed E-state index contributed by atoms with van der Waals surface area (Å²) in [5.41, 5.74) is 1.00. The highest BCUT2D eigenvalue weighted by molar-refractivity contribution is 5.75. The number of benzene rings is 2. The molecule has 0 heterocycles. The van der Waals surface area contributed by atoms with Crippen molar-refractivity contribution in [3.63, 3.8) is 0 Å². The van der Waals surface area contributed by atoms with Crippen LogP contribution in [0.15, 0.2) is 42.5 Å². The van der Waals surface area contributed by atoms with Crippen molar-refractivity contribution in [2.24, 2.45) is 17.3 Å². The number of ether oxygens (including phenoxy) is 2. The first-order valence-electron chi connectivity index (χ1n) is 12.1. The standard InChI is InChI=1S/C28H35FO4/c1-28(2,27(30)31)26(20-11-12-20)21-5-4-6-23(15-21)33-17-18-7-9-19(10-8-18)24-16-22(32-3)13-14-25(24)29/h4-6,13-16,18-20,26H,7-12,17H2,1-3H3,(H,30,31)/t18?,19?,26-/m0/s1. The maximum Gasteiger partial charge on any atom is 0.309 e. The van der Waals surface area contributed by atoms with Gasteiger partial charge in [-0.05, 0) is 112 Å². The van der Waals surface area contributed by atoms with Gasteiger partial charge in [0.25, 0.3) is 0 Å². The molecule has 1 N–H and O–H groups in total. The molecule has 2 aromatic carbocycles. The topological polar surface area (TPSA) is 55.8 Å². The maximum absolute atomic E-state index is 14.3. The van der Waals surface area contributed by atoms with Gasteiger partial charge < -0.3 is 14.6 Å². The Kier molecular flexibility index (Phi) is 6.96. The van der Waals surface area contributed by atoms with Gasteiger partial charge in [0.2, 0.25) is 0 Å². The van der Waals surface area contributed by atoms with E-state index in [-0.39, 0.29) is 17.7 Å². The van der Waals surface area contributed by atoms with Crippen LogP contribution in [0.1, 0.15) is 75.3 Å². The smallest absolute Gasteiger partial charge is 0.309 e. The monoisotopic (exact) mass is 454 g/mol. The average molecular weight is 455 g/mol. The molecule has 0 amide bonds. The second-order valence-corrected chi connectivity index (χ2v) is 10.3. The summed E-state index contributed by atoms with van der Waals surface area (Å²) in [4.78, 5) is 11.9. The zero-order valence-corrected chi connectivity index (χ0v) is 19.9. The zero-order chi connectivity index (χ0) is 23.6. The summed E-state index contributed by atoms with van der Waals surface area (Å²) in [6.07, 6.45) is 6.05. The Balaban J connectivity index is 1.36. The molecule has 0 saturated heterocycles. The van der Waals surface area contributed by atoms with Gasteiger partial charge in [-0.15, -0.1) is 0 Å². The lowest BCUT2D eigenvalue weighted by molar-refractivity contribution is -0.148. The Hall–Kier alpha value is -2.56. The van der Waals surface area contributed by atoms with E-state index in [0.717, 1.165) is 55.4 Å². The molecule has 4 rings (SSSR count). The molecule has 2 fully saturated rings. The molecule has 0 spiro atoms. The molecular weight excluding hydrogens is 419 g/mol. The molecule has 0 aliphatic heterocycles. The highest BCUT2D eigenvalue weighted by Gasteiger charge is 2.46. The van der Waals surface area contributed by atoms with Crippen LogP contribution in [0.5, 0.6) is 11.5 Å². The van der Waals surface area contributed by atoms with Gasteiger partial charge in [0.15, 0.2) is 0 Å². The van der Waals surface area contributed by atoms with E-state index in [2.05, 4.69) is 0 Å². The van der Waals surface area contributed by atoms with E-state index in [0.29, 0.717) is 24.2 Å². The summed E-state index contributed by atoms with van der Waals surface area (Å²) >= 11 is 0. The third-order valence-corrected chi connectivity index (χ3v) is 7.61. The minimum atomic E-state index is -0.812. The van der Waals surface area contributed by atoms with Crippen molar-refractivity contribution in [2.75, 3.05) is 13.7 Å². The first-order chi connectivity index (χ1) is 15.8. The second kappa shape index (κ2) is 9.74. The Morgan fingerprint density at radius 1 is 1.06 bits per heavy atom. The Morgan fingerprint density at radius 2 is 1.79 bits per heavy atom. The molecule has 0 aromatic heterocycles. The van der Waals surface area contributed by atoms with Gasteiger partial charge in [0, 0.05) is 5.92 Å². The number of methoxy groups -OCH3 is 1. The van der Waals surface area contributed by atoms with E-state index >= 15 is 0 Å². The predicted octanol–water partition coefficient (Wildman–Crippen LogP) is 6.79. The van der Waals surface area contributed by atoms with E-state index in [1.165, 1.54) is 6.07 Å². The lowest BCUT2D eigenvalue weighted by atomic mass is 9.72. The van der Waals surface area contributed by atoms with E-state index in [4.69, 9.17) is 9.47 Å². The first-order valence-corrected chi connectivity index (χ1v) is 12.1. The number of hydrogen-bond acceptors (Lipinski definition) is 3. The van der Waals surface area contributed by atoms with E-state index in [1.54, 1.807) is 13.2 Å². The third kappa shape index (κ3) is 5.34. The predicted molar refractivity (Wildman–Crippen MR) is 126 cm³/mol. The Bertz CT molecular complexity index is 974. The normalized spacial score (nSPS) is 21.9. The fourth-order valence-corrected chi connectivity index (χ4v) is 5.45. The van der Waals surface area contributed by atoms with Crippen LogP contribution in [0, 0.1) is 23.1 Å². The first kappa shape index (κ1) is 23.6. The lowest BCUT2D eigenvalue weighted by Crippen LogP contribution is -2.32. The van der Waals surface area contributed by atoms with Crippen molar-refractivity contribution in [1.29, 1.82) is 0 Å². The number of hydrogen-bond donors (Lipinski definition) is 1. The van der Waals surface area contributed by atoms with Crippen molar-refractivity contribution < 1.29 is 23.8 Å². The Morgan fingerprint density at radius 3 is 2.42 bits per heavy atom. The number of rotatable bonds is 9. The minimum absolute atomic E-state index is 0.00764. The molecule has 0 bridgehead atoms. The molecule has 33 heavy (non-hydrogen) atoms. The molecule has 2 aromatic rings. The van der Waals surface area contributed by atoms with Crippen LogP contribution in [0.25, 0.3) is 0 Å². The number of halogens is 1. The van der Waals surface area contributed by atoms with Crippen molar-refractivity contribution in [2.45, 2.75) is 64.2 Å². The van der Waals surface area contributed by atoms with Crippen molar-refractivity contribution >= 4 is 5.97 Å². The fraction of sp³-hybridized carbons (Fsp3) is 0.536. The van der Waals surface area contributed by atoms with Gasteiger partial charge in [0.1, 0.15) is 17.3 Å². The van der Waals surface area contributed by atoms with E-state index in [1.807, 2.05) is 44.2 Å². The van der Waals surface area contributed by atoms with E-state index < -0.39 is 11.4 Å². The third-order valence-electron chi connectivity index (χ3n) is 7.61. The van der Waals surface area contributed by atoms with Crippen LogP contribution in [-0.4, -0.2) is 24.8 Å². The van der Waals surface area contributed by atoms with Gasteiger partial charge >= 0.3 is 5.97 Å². The van der Waals surface area contributed by atoms with Crippen molar-refractivity contribution in [3.05, 3.63) is 59.4 Å². The van der Waals surface area contributed by atoms with Crippen LogP contribution in [0.4, 0.5) is 4.39 Å². The average Bonchev–Trinajstić information content (AvgIpc) is 3.63. The summed E-state index contributed by atoms with van der Waals surface area (Å²) < 4.78 is 25.8. The molecule has 2 aliphatic rings. The van der Waals surface area contributed by atoms with Crippen molar-refractivity contribution in [3.8, 4) is 11.5 Å². The number of carbonyl (C=O) groups is 1. The molecule has 0 unspecified atom stereocenters. The van der Waals surface area contributed by atoms with Crippen molar-refractivity contribution in [1.82, 2.24) is 0 Å². The van der Waals surface area contributed by atoms with Crippen LogP contribution in [-0.2, 0) is 4.79 Å².